The van der Waals surface area contributed by atoms with Gasteiger partial charge >= 0.3 is 6.18 Å². The molecule has 8 rings (SSSR count). The molecule has 11 heteroatoms. The summed E-state index contributed by atoms with van der Waals surface area (Å²) >= 11 is 0. The number of nitrogens with zero attached hydrogens (tertiary/aromatic N) is 6. The Balaban J connectivity index is 1.23. The average Bonchev–Trinajstić information content (AvgIpc) is 3.37. The highest BCUT2D eigenvalue weighted by molar-refractivity contribution is 5.75. The van der Waals surface area contributed by atoms with Crippen molar-refractivity contribution < 1.29 is 17.9 Å². The van der Waals surface area contributed by atoms with Gasteiger partial charge in [0, 0.05) is 30.2 Å². The molecule has 4 fully saturated rings. The molecule has 0 N–H and O–H groups in total. The molecule has 3 aromatic rings. The van der Waals surface area contributed by atoms with Gasteiger partial charge in [-0.15, -0.1) is 0 Å². The average molecular weight is 539 g/mol. The first-order chi connectivity index (χ1) is 18.6. The molecule has 0 aromatic carbocycles. The Bertz CT molecular complexity index is 1550. The minimum absolute atomic E-state index is 0.0486. The SMILES string of the molecule is Cc1nc2nc(C3CCOC(c4ccc(=O)n(N5CC=CC5)c4)C3)nc(C34CC(C(F)(F)F)(C3)C4)c2nc1C. The van der Waals surface area contributed by atoms with Crippen molar-refractivity contribution >= 4 is 11.2 Å². The van der Waals surface area contributed by atoms with E-state index in [4.69, 9.17) is 19.7 Å². The van der Waals surface area contributed by atoms with Crippen molar-refractivity contribution in [1.82, 2.24) is 24.6 Å². The van der Waals surface area contributed by atoms with E-state index >= 15 is 0 Å². The van der Waals surface area contributed by atoms with Crippen LogP contribution in [-0.2, 0) is 10.2 Å². The van der Waals surface area contributed by atoms with E-state index in [1.165, 1.54) is 0 Å². The van der Waals surface area contributed by atoms with E-state index in [9.17, 15) is 18.0 Å². The molecule has 3 saturated carbocycles. The van der Waals surface area contributed by atoms with Crippen LogP contribution in [0, 0.1) is 19.3 Å². The lowest BCUT2D eigenvalue weighted by Crippen LogP contribution is -2.70. The molecule has 1 saturated heterocycles. The molecule has 5 aliphatic rings. The maximum Gasteiger partial charge on any atom is 0.394 e. The first kappa shape index (κ1) is 24.7. The first-order valence-corrected chi connectivity index (χ1v) is 13.4. The van der Waals surface area contributed by atoms with Crippen LogP contribution in [0.2, 0.25) is 0 Å². The van der Waals surface area contributed by atoms with Crippen LogP contribution in [0.25, 0.3) is 11.2 Å². The van der Waals surface area contributed by atoms with Gasteiger partial charge in [0.1, 0.15) is 11.3 Å². The molecule has 0 radical (unpaired) electrons. The van der Waals surface area contributed by atoms with Gasteiger partial charge in [-0.2, -0.15) is 13.2 Å². The lowest BCUT2D eigenvalue weighted by Gasteiger charge is -2.70. The van der Waals surface area contributed by atoms with Gasteiger partial charge in [-0.1, -0.05) is 12.2 Å². The van der Waals surface area contributed by atoms with E-state index in [0.29, 0.717) is 55.2 Å². The molecule has 0 spiro atoms. The highest BCUT2D eigenvalue weighted by Crippen LogP contribution is 2.78. The highest BCUT2D eigenvalue weighted by atomic mass is 19.4. The third-order valence-corrected chi connectivity index (χ3v) is 9.13. The predicted octanol–water partition coefficient (Wildman–Crippen LogP) is 4.33. The van der Waals surface area contributed by atoms with E-state index in [1.54, 1.807) is 16.8 Å². The molecule has 39 heavy (non-hydrogen) atoms. The van der Waals surface area contributed by atoms with Crippen molar-refractivity contribution in [3.8, 4) is 0 Å². The molecular weight excluding hydrogens is 509 g/mol. The molecule has 5 heterocycles. The zero-order valence-corrected chi connectivity index (χ0v) is 21.8. The van der Waals surface area contributed by atoms with Crippen LogP contribution in [0.4, 0.5) is 13.2 Å². The number of rotatable bonds is 4. The molecule has 2 unspecified atom stereocenters. The van der Waals surface area contributed by atoms with Gasteiger partial charge in [0.15, 0.2) is 5.65 Å². The summed E-state index contributed by atoms with van der Waals surface area (Å²) in [6.07, 6.45) is 2.86. The molecular formula is C28H29F3N6O2. The third kappa shape index (κ3) is 3.72. The van der Waals surface area contributed by atoms with Gasteiger partial charge < -0.3 is 9.75 Å². The number of ether oxygens (including phenoxy) is 1. The molecule has 3 aliphatic carbocycles. The summed E-state index contributed by atoms with van der Waals surface area (Å²) in [7, 11) is 0. The van der Waals surface area contributed by atoms with Gasteiger partial charge in [0.05, 0.1) is 41.7 Å². The second-order valence-electron chi connectivity index (χ2n) is 11.7. The lowest BCUT2D eigenvalue weighted by atomic mass is 9.34. The van der Waals surface area contributed by atoms with Gasteiger partial charge in [-0.3, -0.25) is 4.79 Å². The molecule has 2 atom stereocenters. The Morgan fingerprint density at radius 2 is 1.72 bits per heavy atom. The summed E-state index contributed by atoms with van der Waals surface area (Å²) in [5.41, 5.74) is 1.64. The number of fused-ring (bicyclic) bond motifs is 1. The zero-order chi connectivity index (χ0) is 27.2. The Morgan fingerprint density at radius 1 is 1.00 bits per heavy atom. The maximum atomic E-state index is 13.7. The Hall–Kier alpha value is -3.34. The fraction of sp³-hybridized carbons (Fsp3) is 0.536. The second-order valence-corrected chi connectivity index (χ2v) is 11.7. The highest BCUT2D eigenvalue weighted by Gasteiger charge is 2.79. The minimum Gasteiger partial charge on any atom is -0.373 e. The smallest absolute Gasteiger partial charge is 0.373 e. The minimum atomic E-state index is -4.20. The van der Waals surface area contributed by atoms with Crippen LogP contribution >= 0.6 is 0 Å². The molecule has 204 valence electrons. The van der Waals surface area contributed by atoms with E-state index in [1.807, 2.05) is 37.2 Å². The largest absolute Gasteiger partial charge is 0.394 e. The number of pyridine rings is 1. The predicted molar refractivity (Wildman–Crippen MR) is 137 cm³/mol. The van der Waals surface area contributed by atoms with Gasteiger partial charge in [-0.05, 0) is 57.6 Å². The summed E-state index contributed by atoms with van der Waals surface area (Å²) in [4.78, 5) is 31.6. The topological polar surface area (TPSA) is 86.0 Å². The maximum absolute atomic E-state index is 13.7. The lowest BCUT2D eigenvalue weighted by molar-refractivity contribution is -0.337. The van der Waals surface area contributed by atoms with Crippen molar-refractivity contribution in [1.29, 1.82) is 0 Å². The monoisotopic (exact) mass is 538 g/mol. The summed E-state index contributed by atoms with van der Waals surface area (Å²) in [6.45, 7) is 5.53. The Kier molecular flexibility index (Phi) is 5.27. The fourth-order valence-electron chi connectivity index (χ4n) is 6.83. The molecule has 3 aromatic heterocycles. The molecule has 8 nitrogen and oxygen atoms in total. The van der Waals surface area contributed by atoms with Crippen molar-refractivity contribution in [3.63, 3.8) is 0 Å². The number of hydrogen-bond donors (Lipinski definition) is 0. The van der Waals surface area contributed by atoms with E-state index in [2.05, 4.69) is 4.98 Å². The Labute approximate surface area is 222 Å². The van der Waals surface area contributed by atoms with Crippen molar-refractivity contribution in [2.24, 2.45) is 5.41 Å². The van der Waals surface area contributed by atoms with Crippen molar-refractivity contribution in [2.45, 2.75) is 69.6 Å². The standard InChI is InChI=1S/C28H29F3N6O2/c1-16-17(2)33-25-22(32-16)23(26-13-27(14-26,15-26)28(29,30)31)34-24(35-25)18-7-10-39-20(11-18)19-5-6-21(38)37(12-19)36-8-3-4-9-36/h3-6,12,18,20H,7-11,13-15H2,1-2H3. The van der Waals surface area contributed by atoms with E-state index < -0.39 is 17.0 Å². The van der Waals surface area contributed by atoms with Crippen LogP contribution in [0.1, 0.15) is 72.6 Å². The fourth-order valence-corrected chi connectivity index (χ4v) is 6.83. The number of hydrogen-bond acceptors (Lipinski definition) is 7. The van der Waals surface area contributed by atoms with Crippen LogP contribution in [0.15, 0.2) is 35.3 Å². The van der Waals surface area contributed by atoms with Crippen LogP contribution < -0.4 is 10.6 Å². The molecule has 0 amide bonds. The van der Waals surface area contributed by atoms with Crippen LogP contribution in [0.5, 0.6) is 0 Å². The van der Waals surface area contributed by atoms with Crippen molar-refractivity contribution in [2.75, 3.05) is 24.7 Å². The number of aromatic nitrogens is 5. The summed E-state index contributed by atoms with van der Waals surface area (Å²) in [6, 6.07) is 3.36. The zero-order valence-electron chi connectivity index (χ0n) is 21.8. The summed E-state index contributed by atoms with van der Waals surface area (Å²) < 4.78 is 48.7. The number of alkyl halides is 3. The van der Waals surface area contributed by atoms with Gasteiger partial charge in [0.25, 0.3) is 5.56 Å². The Morgan fingerprint density at radius 3 is 2.44 bits per heavy atom. The van der Waals surface area contributed by atoms with E-state index in [0.717, 1.165) is 17.0 Å². The van der Waals surface area contributed by atoms with E-state index in [-0.39, 0.29) is 36.8 Å². The second kappa shape index (κ2) is 8.33. The van der Waals surface area contributed by atoms with Crippen LogP contribution in [0.3, 0.4) is 0 Å². The quantitative estimate of drug-likeness (QED) is 0.457. The molecule has 2 aliphatic heterocycles. The first-order valence-electron chi connectivity index (χ1n) is 13.4. The third-order valence-electron chi connectivity index (χ3n) is 9.13. The number of halogens is 3. The summed E-state index contributed by atoms with van der Waals surface area (Å²) in [5.74, 6) is 0.527. The molecule has 2 bridgehead atoms. The number of aryl methyl sites for hydroxylation is 2. The normalized spacial score (nSPS) is 29.9. The van der Waals surface area contributed by atoms with Crippen molar-refractivity contribution in [3.05, 3.63) is 69.3 Å². The summed E-state index contributed by atoms with van der Waals surface area (Å²) in [5, 5.41) is 1.95. The van der Waals surface area contributed by atoms with Crippen LogP contribution in [-0.4, -0.2) is 50.5 Å². The van der Waals surface area contributed by atoms with Gasteiger partial charge in [0.2, 0.25) is 0 Å². The van der Waals surface area contributed by atoms with Gasteiger partial charge in [-0.25, -0.2) is 24.6 Å².